The molecule has 3 heterocycles. The van der Waals surface area contributed by atoms with Crippen molar-refractivity contribution in [2.45, 2.75) is 51.3 Å². The first-order chi connectivity index (χ1) is 14.5. The second kappa shape index (κ2) is 7.36. The van der Waals surface area contributed by atoms with Crippen LogP contribution >= 0.6 is 11.3 Å². The zero-order chi connectivity index (χ0) is 20.8. The Balaban J connectivity index is 1.49. The molecule has 5 rings (SSSR count). The number of rotatable bonds is 5. The normalized spacial score (nSPS) is 16.3. The van der Waals surface area contributed by atoms with E-state index < -0.39 is 12.1 Å². The first kappa shape index (κ1) is 19.0. The van der Waals surface area contributed by atoms with Crippen molar-refractivity contribution < 1.29 is 14.3 Å². The largest absolute Gasteiger partial charge is 0.443 e. The molecule has 1 saturated carbocycles. The number of amides is 1. The molecule has 0 radical (unpaired) electrons. The number of aryl methyl sites for hydroxylation is 2. The molecular weight excluding hydrogens is 402 g/mol. The summed E-state index contributed by atoms with van der Waals surface area (Å²) in [5.41, 5.74) is 1.07. The van der Waals surface area contributed by atoms with E-state index in [1.54, 1.807) is 35.8 Å². The highest BCUT2D eigenvalue weighted by Crippen LogP contribution is 2.31. The van der Waals surface area contributed by atoms with Crippen molar-refractivity contribution in [1.29, 1.82) is 0 Å². The topological polar surface area (TPSA) is 90.3 Å². The van der Waals surface area contributed by atoms with Crippen molar-refractivity contribution in [3.05, 3.63) is 62.5 Å². The third-order valence-corrected chi connectivity index (χ3v) is 6.75. The number of ether oxygens (including phenoxy) is 1. The number of fused-ring (bicyclic) bond motifs is 2. The van der Waals surface area contributed by atoms with Crippen LogP contribution in [0.3, 0.4) is 0 Å². The van der Waals surface area contributed by atoms with Gasteiger partial charge in [0.25, 0.3) is 11.5 Å². The SMILES string of the molecule is Cc1c(C(=O)O[C@@H](C(=O)NC2CC2)c2ccccc2)sc2nc3n(c(=O)c12)CCC3. The molecule has 0 spiro atoms. The number of benzene rings is 1. The zero-order valence-electron chi connectivity index (χ0n) is 16.5. The van der Waals surface area contributed by atoms with Crippen molar-refractivity contribution >= 4 is 33.4 Å². The van der Waals surface area contributed by atoms with Crippen LogP contribution in [0, 0.1) is 6.92 Å². The highest BCUT2D eigenvalue weighted by atomic mass is 32.1. The lowest BCUT2D eigenvalue weighted by molar-refractivity contribution is -0.130. The number of hydrogen-bond donors (Lipinski definition) is 1. The van der Waals surface area contributed by atoms with E-state index in [1.165, 1.54) is 0 Å². The number of thiophene rings is 1. The quantitative estimate of drug-likeness (QED) is 0.638. The Morgan fingerprint density at radius 2 is 2.03 bits per heavy atom. The van der Waals surface area contributed by atoms with E-state index in [0.29, 0.717) is 32.8 Å². The van der Waals surface area contributed by atoms with Gasteiger partial charge in [-0.1, -0.05) is 30.3 Å². The Morgan fingerprint density at radius 1 is 1.27 bits per heavy atom. The number of nitrogens with zero attached hydrogens (tertiary/aromatic N) is 2. The van der Waals surface area contributed by atoms with Crippen molar-refractivity contribution in [2.75, 3.05) is 0 Å². The lowest BCUT2D eigenvalue weighted by atomic mass is 10.1. The van der Waals surface area contributed by atoms with Gasteiger partial charge >= 0.3 is 5.97 Å². The summed E-state index contributed by atoms with van der Waals surface area (Å²) in [5.74, 6) is -0.174. The van der Waals surface area contributed by atoms with Gasteiger partial charge in [0.05, 0.1) is 5.39 Å². The van der Waals surface area contributed by atoms with Crippen LogP contribution in [0.15, 0.2) is 35.1 Å². The highest BCUT2D eigenvalue weighted by molar-refractivity contribution is 7.20. The van der Waals surface area contributed by atoms with Crippen molar-refractivity contribution in [2.24, 2.45) is 0 Å². The fourth-order valence-electron chi connectivity index (χ4n) is 3.84. The Hall–Kier alpha value is -3.00. The molecule has 7 nitrogen and oxygen atoms in total. The molecule has 30 heavy (non-hydrogen) atoms. The van der Waals surface area contributed by atoms with Crippen molar-refractivity contribution in [1.82, 2.24) is 14.9 Å². The Kier molecular flexibility index (Phi) is 4.66. The molecule has 0 saturated heterocycles. The third-order valence-electron chi connectivity index (χ3n) is 5.59. The van der Waals surface area contributed by atoms with E-state index in [2.05, 4.69) is 10.3 Å². The van der Waals surface area contributed by atoms with Crippen LogP contribution < -0.4 is 10.9 Å². The Bertz CT molecular complexity index is 1210. The molecular formula is C22H21N3O4S. The van der Waals surface area contributed by atoms with E-state index in [9.17, 15) is 14.4 Å². The molecule has 2 aromatic heterocycles. The van der Waals surface area contributed by atoms with Gasteiger partial charge in [0.2, 0.25) is 6.10 Å². The zero-order valence-corrected chi connectivity index (χ0v) is 17.3. The number of nitrogens with one attached hydrogen (secondary N) is 1. The number of aromatic nitrogens is 2. The van der Waals surface area contributed by atoms with E-state index in [4.69, 9.17) is 4.74 Å². The van der Waals surface area contributed by atoms with Gasteiger partial charge in [-0.15, -0.1) is 11.3 Å². The summed E-state index contributed by atoms with van der Waals surface area (Å²) in [6.45, 7) is 2.39. The summed E-state index contributed by atoms with van der Waals surface area (Å²) in [7, 11) is 0. The van der Waals surface area contributed by atoms with E-state index in [-0.39, 0.29) is 17.5 Å². The predicted molar refractivity (Wildman–Crippen MR) is 113 cm³/mol. The average molecular weight is 423 g/mol. The van der Waals surface area contributed by atoms with Crippen LogP contribution in [0.25, 0.3) is 10.2 Å². The standard InChI is InChI=1S/C22H21N3O4S/c1-12-16-20(24-15-8-5-11-25(15)21(16)27)30-18(12)22(28)29-17(13-6-3-2-4-7-13)19(26)23-14-9-10-14/h2-4,6-7,14,17H,5,8-11H2,1H3,(H,23,26)/t17-/m1/s1. The van der Waals surface area contributed by atoms with Gasteiger partial charge in [-0.25, -0.2) is 9.78 Å². The Labute approximate surface area is 176 Å². The van der Waals surface area contributed by atoms with Crippen LogP contribution in [0.4, 0.5) is 0 Å². The number of esters is 1. The summed E-state index contributed by atoms with van der Waals surface area (Å²) < 4.78 is 7.37. The second-order valence-electron chi connectivity index (χ2n) is 7.80. The molecule has 0 unspecified atom stereocenters. The maximum Gasteiger partial charge on any atom is 0.349 e. The third kappa shape index (κ3) is 3.31. The maximum atomic E-state index is 13.1. The van der Waals surface area contributed by atoms with Gasteiger partial charge < -0.3 is 10.1 Å². The van der Waals surface area contributed by atoms with Crippen LogP contribution in [0.2, 0.25) is 0 Å². The molecule has 1 aliphatic heterocycles. The first-order valence-electron chi connectivity index (χ1n) is 10.1. The molecule has 0 bridgehead atoms. The molecule has 2 aliphatic rings. The van der Waals surface area contributed by atoms with Gasteiger partial charge in [0.1, 0.15) is 15.5 Å². The molecule has 1 atom stereocenters. The van der Waals surface area contributed by atoms with Crippen LogP contribution in [-0.4, -0.2) is 27.5 Å². The summed E-state index contributed by atoms with van der Waals surface area (Å²) in [5, 5.41) is 3.38. The van der Waals surface area contributed by atoms with Gasteiger partial charge in [0.15, 0.2) is 0 Å². The predicted octanol–water partition coefficient (Wildman–Crippen LogP) is 2.89. The van der Waals surface area contributed by atoms with E-state index >= 15 is 0 Å². The van der Waals surface area contributed by atoms with Gasteiger partial charge in [-0.2, -0.15) is 0 Å². The minimum atomic E-state index is -1.04. The number of carbonyl (C=O) groups excluding carboxylic acids is 2. The van der Waals surface area contributed by atoms with E-state index in [1.807, 2.05) is 6.07 Å². The minimum absolute atomic E-state index is 0.105. The fourth-order valence-corrected chi connectivity index (χ4v) is 4.91. The lowest BCUT2D eigenvalue weighted by Crippen LogP contribution is -2.33. The molecule has 1 fully saturated rings. The van der Waals surface area contributed by atoms with Crippen LogP contribution in [0.1, 0.15) is 52.0 Å². The molecule has 8 heteroatoms. The fraction of sp³-hybridized carbons (Fsp3) is 0.364. The minimum Gasteiger partial charge on any atom is -0.443 e. The van der Waals surface area contributed by atoms with E-state index in [0.717, 1.165) is 42.8 Å². The molecule has 1 aliphatic carbocycles. The second-order valence-corrected chi connectivity index (χ2v) is 8.80. The number of hydrogen-bond acceptors (Lipinski definition) is 6. The lowest BCUT2D eigenvalue weighted by Gasteiger charge is -2.17. The van der Waals surface area contributed by atoms with Gasteiger partial charge in [-0.05, 0) is 31.7 Å². The van der Waals surface area contributed by atoms with Crippen molar-refractivity contribution in [3.8, 4) is 0 Å². The van der Waals surface area contributed by atoms with Crippen molar-refractivity contribution in [3.63, 3.8) is 0 Å². The smallest absolute Gasteiger partial charge is 0.349 e. The number of carbonyl (C=O) groups is 2. The molecule has 1 N–H and O–H groups in total. The van der Waals surface area contributed by atoms with Gasteiger partial charge in [-0.3, -0.25) is 14.2 Å². The summed E-state index contributed by atoms with van der Waals surface area (Å²) in [4.78, 5) is 44.2. The maximum absolute atomic E-state index is 13.1. The van der Waals surface area contributed by atoms with Gasteiger partial charge in [0, 0.05) is 24.6 Å². The Morgan fingerprint density at radius 3 is 2.77 bits per heavy atom. The molecule has 1 amide bonds. The summed E-state index contributed by atoms with van der Waals surface area (Å²) >= 11 is 1.16. The van der Waals surface area contributed by atoms with Crippen LogP contribution in [0.5, 0.6) is 0 Å². The van der Waals surface area contributed by atoms with Crippen LogP contribution in [-0.2, 0) is 22.5 Å². The molecule has 3 aromatic rings. The monoisotopic (exact) mass is 423 g/mol. The summed E-state index contributed by atoms with van der Waals surface area (Å²) in [6, 6.07) is 9.13. The molecule has 154 valence electrons. The average Bonchev–Trinajstić information content (AvgIpc) is 3.31. The highest BCUT2D eigenvalue weighted by Gasteiger charge is 2.32. The summed E-state index contributed by atoms with van der Waals surface area (Å²) in [6.07, 6.45) is 2.51. The molecule has 1 aromatic carbocycles. The first-order valence-corrected chi connectivity index (χ1v) is 10.9.